The van der Waals surface area contributed by atoms with E-state index in [9.17, 15) is 0 Å². The zero-order chi connectivity index (χ0) is 16.1. The topological polar surface area (TPSA) is 75.6 Å². The fraction of sp³-hybridized carbons (Fsp3) is 0.105. The molecule has 0 aliphatic carbocycles. The van der Waals surface area contributed by atoms with E-state index >= 15 is 0 Å². The van der Waals surface area contributed by atoms with Crippen molar-refractivity contribution in [2.75, 3.05) is 0 Å². The van der Waals surface area contributed by atoms with Gasteiger partial charge in [0.15, 0.2) is 0 Å². The van der Waals surface area contributed by atoms with E-state index in [4.69, 9.17) is 11.0 Å². The van der Waals surface area contributed by atoms with E-state index in [1.165, 1.54) is 0 Å². The van der Waals surface area contributed by atoms with Crippen LogP contribution in [0.3, 0.4) is 0 Å². The molecule has 2 N–H and O–H groups in total. The van der Waals surface area contributed by atoms with Gasteiger partial charge < -0.3 is 5.73 Å². The van der Waals surface area contributed by atoms with E-state index in [0.717, 1.165) is 16.7 Å². The van der Waals surface area contributed by atoms with Crippen molar-refractivity contribution in [2.24, 2.45) is 5.73 Å². The van der Waals surface area contributed by atoms with E-state index in [1.54, 1.807) is 30.9 Å². The number of nitrogens with zero attached hydrogens (tertiary/aromatic N) is 3. The lowest BCUT2D eigenvalue weighted by Gasteiger charge is -2.30. The zero-order valence-corrected chi connectivity index (χ0v) is 12.6. The van der Waals surface area contributed by atoms with Crippen molar-refractivity contribution in [1.82, 2.24) is 9.97 Å². The minimum Gasteiger partial charge on any atom is -0.317 e. The lowest BCUT2D eigenvalue weighted by atomic mass is 9.80. The van der Waals surface area contributed by atoms with Crippen LogP contribution in [-0.2, 0) is 12.0 Å². The molecule has 0 saturated heterocycles. The van der Waals surface area contributed by atoms with Crippen LogP contribution in [0.1, 0.15) is 22.3 Å². The van der Waals surface area contributed by atoms with Crippen molar-refractivity contribution in [3.8, 4) is 6.07 Å². The predicted molar refractivity (Wildman–Crippen MR) is 88.3 cm³/mol. The summed E-state index contributed by atoms with van der Waals surface area (Å²) in [5, 5.41) is 9.09. The Morgan fingerprint density at radius 3 is 2.13 bits per heavy atom. The maximum Gasteiger partial charge on any atom is 0.0991 e. The molecule has 0 fully saturated rings. The molecule has 2 heterocycles. The van der Waals surface area contributed by atoms with E-state index in [1.807, 2.05) is 42.5 Å². The minimum absolute atomic E-state index is 0.555. The Balaban J connectivity index is 2.08. The van der Waals surface area contributed by atoms with Crippen molar-refractivity contribution in [3.05, 3.63) is 95.6 Å². The maximum absolute atomic E-state index is 9.09. The van der Waals surface area contributed by atoms with Gasteiger partial charge in [0.2, 0.25) is 0 Å². The summed E-state index contributed by atoms with van der Waals surface area (Å²) in [4.78, 5) is 8.40. The number of pyridine rings is 2. The number of rotatable bonds is 4. The fourth-order valence-electron chi connectivity index (χ4n) is 2.70. The van der Waals surface area contributed by atoms with E-state index in [2.05, 4.69) is 16.0 Å². The van der Waals surface area contributed by atoms with Crippen molar-refractivity contribution in [1.29, 1.82) is 5.26 Å². The van der Waals surface area contributed by atoms with Crippen molar-refractivity contribution >= 4 is 0 Å². The summed E-state index contributed by atoms with van der Waals surface area (Å²) in [6, 6.07) is 17.4. The molecule has 0 unspecified atom stereocenters. The van der Waals surface area contributed by atoms with Crippen LogP contribution in [0.4, 0.5) is 0 Å². The van der Waals surface area contributed by atoms with Gasteiger partial charge in [0.25, 0.3) is 0 Å². The first-order valence-electron chi connectivity index (χ1n) is 7.31. The normalized spacial score (nSPS) is 11.0. The Hall–Kier alpha value is -3.03. The first kappa shape index (κ1) is 14.9. The van der Waals surface area contributed by atoms with Gasteiger partial charge in [0, 0.05) is 24.8 Å². The summed E-state index contributed by atoms with van der Waals surface area (Å²) in [7, 11) is 0. The van der Waals surface area contributed by atoms with E-state index < -0.39 is 5.54 Å². The van der Waals surface area contributed by atoms with Gasteiger partial charge in [-0.25, -0.2) is 0 Å². The molecule has 3 rings (SSSR count). The number of hydrogen-bond donors (Lipinski definition) is 1. The smallest absolute Gasteiger partial charge is 0.0991 e. The van der Waals surface area contributed by atoms with Crippen LogP contribution in [0.15, 0.2) is 73.3 Å². The second-order valence-corrected chi connectivity index (χ2v) is 5.44. The standard InChI is InChI=1S/C19H16N4/c20-12-16-5-1-4-15(10-16)11-19(21,17-6-2-8-22-13-17)18-7-3-9-23-14-18/h1-10,13-14H,11,21H2. The molecule has 0 aliphatic rings. The van der Waals surface area contributed by atoms with Crippen LogP contribution < -0.4 is 5.73 Å². The summed E-state index contributed by atoms with van der Waals surface area (Å²) in [5.74, 6) is 0. The molecular formula is C19H16N4. The van der Waals surface area contributed by atoms with Crippen molar-refractivity contribution in [2.45, 2.75) is 12.0 Å². The fourth-order valence-corrected chi connectivity index (χ4v) is 2.70. The van der Waals surface area contributed by atoms with Crippen LogP contribution in [0.5, 0.6) is 0 Å². The molecule has 1 aromatic carbocycles. The molecule has 4 nitrogen and oxygen atoms in total. The Labute approximate surface area is 135 Å². The molecule has 23 heavy (non-hydrogen) atoms. The van der Waals surface area contributed by atoms with Gasteiger partial charge in [-0.15, -0.1) is 0 Å². The largest absolute Gasteiger partial charge is 0.317 e. The first-order chi connectivity index (χ1) is 11.2. The Bertz CT molecular complexity index is 783. The van der Waals surface area contributed by atoms with E-state index in [-0.39, 0.29) is 0 Å². The monoisotopic (exact) mass is 300 g/mol. The van der Waals surface area contributed by atoms with Gasteiger partial charge in [0.1, 0.15) is 0 Å². The molecule has 2 aromatic heterocycles. The molecule has 0 spiro atoms. The summed E-state index contributed by atoms with van der Waals surface area (Å²) in [5.41, 5.74) is 9.50. The summed E-state index contributed by atoms with van der Waals surface area (Å²) < 4.78 is 0. The number of benzene rings is 1. The predicted octanol–water partition coefficient (Wildman–Crippen LogP) is 2.79. The average Bonchev–Trinajstić information content (AvgIpc) is 2.63. The number of nitrogens with two attached hydrogens (primary N) is 1. The van der Waals surface area contributed by atoms with Gasteiger partial charge in [-0.3, -0.25) is 9.97 Å². The number of hydrogen-bond acceptors (Lipinski definition) is 4. The molecule has 3 aromatic rings. The third kappa shape index (κ3) is 3.10. The van der Waals surface area contributed by atoms with Gasteiger partial charge in [-0.05, 0) is 47.4 Å². The second kappa shape index (κ2) is 6.39. The van der Waals surface area contributed by atoms with Gasteiger partial charge in [0.05, 0.1) is 17.2 Å². The minimum atomic E-state index is -0.753. The SMILES string of the molecule is N#Cc1cccc(CC(N)(c2cccnc2)c2cccnc2)c1. The van der Waals surface area contributed by atoms with E-state index in [0.29, 0.717) is 12.0 Å². The van der Waals surface area contributed by atoms with Crippen molar-refractivity contribution < 1.29 is 0 Å². The van der Waals surface area contributed by atoms with Crippen LogP contribution in [-0.4, -0.2) is 9.97 Å². The zero-order valence-electron chi connectivity index (χ0n) is 12.6. The van der Waals surface area contributed by atoms with Crippen molar-refractivity contribution in [3.63, 3.8) is 0 Å². The van der Waals surface area contributed by atoms with Gasteiger partial charge >= 0.3 is 0 Å². The molecule has 0 saturated carbocycles. The highest BCUT2D eigenvalue weighted by molar-refractivity contribution is 5.40. The Morgan fingerprint density at radius 2 is 1.61 bits per heavy atom. The molecule has 0 amide bonds. The van der Waals surface area contributed by atoms with Crippen LogP contribution in [0.25, 0.3) is 0 Å². The summed E-state index contributed by atoms with van der Waals surface area (Å²) >= 11 is 0. The molecule has 0 radical (unpaired) electrons. The summed E-state index contributed by atoms with van der Waals surface area (Å²) in [6.07, 6.45) is 7.56. The lowest BCUT2D eigenvalue weighted by molar-refractivity contribution is 0.531. The molecule has 112 valence electrons. The Kier molecular flexibility index (Phi) is 4.13. The highest BCUT2D eigenvalue weighted by atomic mass is 14.8. The number of nitriles is 1. The number of aromatic nitrogens is 2. The molecule has 0 atom stereocenters. The van der Waals surface area contributed by atoms with Gasteiger partial charge in [-0.1, -0.05) is 24.3 Å². The summed E-state index contributed by atoms with van der Waals surface area (Å²) in [6.45, 7) is 0. The second-order valence-electron chi connectivity index (χ2n) is 5.44. The average molecular weight is 300 g/mol. The lowest BCUT2D eigenvalue weighted by Crippen LogP contribution is -2.40. The third-order valence-electron chi connectivity index (χ3n) is 3.89. The quantitative estimate of drug-likeness (QED) is 0.804. The van der Waals surface area contributed by atoms with Crippen LogP contribution >= 0.6 is 0 Å². The molecule has 0 bridgehead atoms. The molecular weight excluding hydrogens is 284 g/mol. The van der Waals surface area contributed by atoms with Crippen LogP contribution in [0.2, 0.25) is 0 Å². The third-order valence-corrected chi connectivity index (χ3v) is 3.89. The van der Waals surface area contributed by atoms with Gasteiger partial charge in [-0.2, -0.15) is 5.26 Å². The molecule has 0 aliphatic heterocycles. The molecule has 4 heteroatoms. The first-order valence-corrected chi connectivity index (χ1v) is 7.31. The Morgan fingerprint density at radius 1 is 0.957 bits per heavy atom. The highest BCUT2D eigenvalue weighted by Crippen LogP contribution is 2.30. The maximum atomic E-state index is 9.09. The van der Waals surface area contributed by atoms with Crippen LogP contribution in [0, 0.1) is 11.3 Å². The highest BCUT2D eigenvalue weighted by Gasteiger charge is 2.30.